The third-order valence-corrected chi connectivity index (χ3v) is 6.84. The lowest BCUT2D eigenvalue weighted by molar-refractivity contribution is -0.185. The van der Waals surface area contributed by atoms with Crippen molar-refractivity contribution in [1.82, 2.24) is 0 Å². The molecule has 0 fully saturated rings. The van der Waals surface area contributed by atoms with Gasteiger partial charge in [-0.25, -0.2) is 9.59 Å². The van der Waals surface area contributed by atoms with Crippen LogP contribution >= 0.6 is 0 Å². The van der Waals surface area contributed by atoms with Gasteiger partial charge in [0.05, 0.1) is 33.5 Å². The number of hydrogen-bond acceptors (Lipinski definition) is 11. The van der Waals surface area contributed by atoms with Gasteiger partial charge in [-0.05, 0) is 66.6 Å². The molecule has 3 aromatic rings. The van der Waals surface area contributed by atoms with Crippen LogP contribution in [0.4, 0.5) is 0 Å². The lowest BCUT2D eigenvalue weighted by Gasteiger charge is -2.26. The maximum atomic E-state index is 13.4. The molecule has 11 nitrogen and oxygen atoms in total. The van der Waals surface area contributed by atoms with Gasteiger partial charge in [-0.3, -0.25) is 0 Å². The minimum atomic E-state index is -2.10. The van der Waals surface area contributed by atoms with Gasteiger partial charge < -0.3 is 43.0 Å². The van der Waals surface area contributed by atoms with Gasteiger partial charge in [0.1, 0.15) is 5.75 Å². The van der Waals surface area contributed by atoms with Crippen LogP contribution in [0.1, 0.15) is 23.6 Å². The Morgan fingerprint density at radius 1 is 0.929 bits per heavy atom. The number of benzene rings is 3. The molecule has 1 N–H and O–H groups in total. The van der Waals surface area contributed by atoms with Crippen molar-refractivity contribution in [2.45, 2.75) is 19.1 Å². The maximum Gasteiger partial charge on any atom is 0.344 e. The van der Waals surface area contributed by atoms with Gasteiger partial charge in [-0.1, -0.05) is 6.07 Å². The number of fused-ring (bicyclic) bond motifs is 1. The van der Waals surface area contributed by atoms with Gasteiger partial charge >= 0.3 is 11.9 Å². The number of carbonyl (C=O) groups is 2. The Balaban J connectivity index is 1.61. The molecule has 2 heterocycles. The van der Waals surface area contributed by atoms with Gasteiger partial charge in [-0.15, -0.1) is 0 Å². The highest BCUT2D eigenvalue weighted by Gasteiger charge is 2.48. The summed E-state index contributed by atoms with van der Waals surface area (Å²) in [5.74, 6) is -1.02. The average molecular weight is 579 g/mol. The molecule has 1 atom stereocenters. The Hall–Kier alpha value is -4.90. The van der Waals surface area contributed by atoms with Crippen molar-refractivity contribution in [2.24, 2.45) is 0 Å². The first-order valence-corrected chi connectivity index (χ1v) is 13.1. The number of carbonyl (C=O) groups excluding carboxylic acids is 2. The molecule has 42 heavy (non-hydrogen) atoms. The first-order chi connectivity index (χ1) is 20.3. The minimum Gasteiger partial charge on any atom is -0.497 e. The number of cyclic esters (lactones) is 1. The summed E-state index contributed by atoms with van der Waals surface area (Å²) in [7, 11) is 4.43. The Morgan fingerprint density at radius 3 is 2.26 bits per heavy atom. The molecule has 0 amide bonds. The standard InChI is InChI=1S/C31H30O11/c1-5-38-27(32)16-39-29-25(36-3)13-18(14-26(29)37-4)12-22-28(19-6-11-23-24(15-19)41-17-40-23)30(33)42-31(22,34)20-7-9-21(35-2)10-8-20/h6-11,13-15,34H,5,12,16-17H2,1-4H3. The van der Waals surface area contributed by atoms with Crippen LogP contribution in [-0.2, 0) is 31.3 Å². The molecule has 3 aromatic carbocycles. The highest BCUT2D eigenvalue weighted by molar-refractivity contribution is 6.20. The first-order valence-electron chi connectivity index (χ1n) is 13.1. The largest absolute Gasteiger partial charge is 0.497 e. The van der Waals surface area contributed by atoms with Crippen molar-refractivity contribution < 1.29 is 52.6 Å². The van der Waals surface area contributed by atoms with Gasteiger partial charge in [0.2, 0.25) is 12.5 Å². The van der Waals surface area contributed by atoms with Crippen molar-refractivity contribution >= 4 is 17.5 Å². The van der Waals surface area contributed by atoms with Crippen molar-refractivity contribution in [3.05, 3.63) is 76.9 Å². The van der Waals surface area contributed by atoms with E-state index < -0.39 is 17.7 Å². The second-order valence-electron chi connectivity index (χ2n) is 9.28. The third-order valence-electron chi connectivity index (χ3n) is 6.84. The molecule has 0 saturated carbocycles. The third kappa shape index (κ3) is 5.38. The van der Waals surface area contributed by atoms with Crippen LogP contribution < -0.4 is 28.4 Å². The summed E-state index contributed by atoms with van der Waals surface area (Å²) in [5.41, 5.74) is 1.87. The number of esters is 2. The average Bonchev–Trinajstić information content (AvgIpc) is 3.57. The van der Waals surface area contributed by atoms with E-state index in [1.165, 1.54) is 21.3 Å². The first kappa shape index (κ1) is 28.6. The van der Waals surface area contributed by atoms with E-state index in [4.69, 9.17) is 37.9 Å². The molecular formula is C31H30O11. The zero-order valence-corrected chi connectivity index (χ0v) is 23.6. The molecule has 0 saturated heterocycles. The zero-order valence-electron chi connectivity index (χ0n) is 23.6. The van der Waals surface area contributed by atoms with Gasteiger partial charge in [0.25, 0.3) is 5.79 Å². The quantitative estimate of drug-likeness (QED) is 0.334. The van der Waals surface area contributed by atoms with Crippen molar-refractivity contribution in [3.63, 3.8) is 0 Å². The number of ether oxygens (including phenoxy) is 8. The summed E-state index contributed by atoms with van der Waals surface area (Å²) in [6.07, 6.45) is 0.0446. The second kappa shape index (κ2) is 11.9. The fourth-order valence-corrected chi connectivity index (χ4v) is 4.86. The van der Waals surface area contributed by atoms with Gasteiger partial charge in [0, 0.05) is 17.6 Å². The Kier molecular flexibility index (Phi) is 8.12. The fourth-order valence-electron chi connectivity index (χ4n) is 4.86. The number of methoxy groups -OCH3 is 3. The Labute approximate surface area is 242 Å². The SMILES string of the molecule is CCOC(=O)COc1c(OC)cc(CC2=C(c3ccc4c(c3)OCO4)C(=O)OC2(O)c2ccc(OC)cc2)cc1OC. The smallest absolute Gasteiger partial charge is 0.344 e. The van der Waals surface area contributed by atoms with E-state index in [2.05, 4.69) is 0 Å². The molecule has 0 spiro atoms. The molecule has 0 aliphatic carbocycles. The minimum absolute atomic E-state index is 0.0446. The Morgan fingerprint density at radius 2 is 1.62 bits per heavy atom. The summed E-state index contributed by atoms with van der Waals surface area (Å²) in [4.78, 5) is 25.3. The summed E-state index contributed by atoms with van der Waals surface area (Å²) in [5, 5.41) is 12.0. The molecular weight excluding hydrogens is 548 g/mol. The predicted octanol–water partition coefficient (Wildman–Crippen LogP) is 3.78. The predicted molar refractivity (Wildman–Crippen MR) is 148 cm³/mol. The van der Waals surface area contributed by atoms with Crippen LogP contribution in [0, 0.1) is 0 Å². The summed E-state index contributed by atoms with van der Waals surface area (Å²) < 4.78 is 43.6. The van der Waals surface area contributed by atoms with Crippen molar-refractivity contribution in [2.75, 3.05) is 41.3 Å². The molecule has 0 radical (unpaired) electrons. The van der Waals surface area contributed by atoms with Gasteiger partial charge in [0.15, 0.2) is 29.6 Å². The van der Waals surface area contributed by atoms with Crippen LogP contribution in [0.3, 0.4) is 0 Å². The van der Waals surface area contributed by atoms with E-state index in [-0.39, 0.29) is 54.8 Å². The van der Waals surface area contributed by atoms with Crippen LogP contribution in [-0.4, -0.2) is 58.4 Å². The summed E-state index contributed by atoms with van der Waals surface area (Å²) in [6, 6.07) is 15.0. The normalized spacial score (nSPS) is 17.1. The van der Waals surface area contributed by atoms with Crippen LogP contribution in [0.15, 0.2) is 60.2 Å². The second-order valence-corrected chi connectivity index (χ2v) is 9.28. The monoisotopic (exact) mass is 578 g/mol. The van der Waals surface area contributed by atoms with E-state index in [9.17, 15) is 14.7 Å². The zero-order chi connectivity index (χ0) is 29.9. The van der Waals surface area contributed by atoms with E-state index in [1.54, 1.807) is 61.5 Å². The molecule has 2 aliphatic rings. The van der Waals surface area contributed by atoms with E-state index >= 15 is 0 Å². The summed E-state index contributed by atoms with van der Waals surface area (Å²) in [6.45, 7) is 1.63. The topological polar surface area (TPSA) is 128 Å². The van der Waals surface area contributed by atoms with E-state index in [0.29, 0.717) is 33.9 Å². The lowest BCUT2D eigenvalue weighted by Crippen LogP contribution is -2.29. The van der Waals surface area contributed by atoms with Crippen molar-refractivity contribution in [1.29, 1.82) is 0 Å². The lowest BCUT2D eigenvalue weighted by atomic mass is 9.88. The van der Waals surface area contributed by atoms with Crippen LogP contribution in [0.5, 0.6) is 34.5 Å². The molecule has 5 rings (SSSR count). The molecule has 0 aromatic heterocycles. The highest BCUT2D eigenvalue weighted by Crippen LogP contribution is 2.48. The number of rotatable bonds is 11. The molecule has 2 aliphatic heterocycles. The molecule has 1 unspecified atom stereocenters. The molecule has 11 heteroatoms. The maximum absolute atomic E-state index is 13.4. The molecule has 220 valence electrons. The van der Waals surface area contributed by atoms with Gasteiger partial charge in [-0.2, -0.15) is 0 Å². The van der Waals surface area contributed by atoms with Crippen LogP contribution in [0.2, 0.25) is 0 Å². The van der Waals surface area contributed by atoms with Crippen LogP contribution in [0.25, 0.3) is 5.57 Å². The summed E-state index contributed by atoms with van der Waals surface area (Å²) >= 11 is 0. The highest BCUT2D eigenvalue weighted by atomic mass is 16.7. The molecule has 0 bridgehead atoms. The van der Waals surface area contributed by atoms with E-state index in [0.717, 1.165) is 0 Å². The fraction of sp³-hybridized carbons (Fsp3) is 0.290. The number of hydrogen-bond donors (Lipinski definition) is 1. The van der Waals surface area contributed by atoms with Crippen molar-refractivity contribution in [3.8, 4) is 34.5 Å². The number of aliphatic hydroxyl groups is 1. The van der Waals surface area contributed by atoms with E-state index in [1.807, 2.05) is 0 Å². The Bertz CT molecular complexity index is 1500.